The normalized spacial score (nSPS) is 20.3. The largest absolute Gasteiger partial charge is 0.463 e. The summed E-state index contributed by atoms with van der Waals surface area (Å²) in [4.78, 5) is 24.1. The Bertz CT molecular complexity index is 757. The fourth-order valence-corrected chi connectivity index (χ4v) is 4.41. The van der Waals surface area contributed by atoms with E-state index in [1.54, 1.807) is 0 Å². The molecule has 2 aliphatic heterocycles. The van der Waals surface area contributed by atoms with Crippen molar-refractivity contribution in [2.24, 2.45) is 0 Å². The van der Waals surface area contributed by atoms with Crippen LogP contribution >= 0.6 is 0 Å². The summed E-state index contributed by atoms with van der Waals surface area (Å²) in [5, 5.41) is 0. The van der Waals surface area contributed by atoms with Crippen LogP contribution in [0.1, 0.15) is 91.5 Å². The van der Waals surface area contributed by atoms with E-state index in [-0.39, 0.29) is 24.4 Å². The van der Waals surface area contributed by atoms with Crippen LogP contribution in [0, 0.1) is 0 Å². The van der Waals surface area contributed by atoms with E-state index in [2.05, 4.69) is 39.4 Å². The quantitative estimate of drug-likeness (QED) is 0.198. The highest BCUT2D eigenvalue weighted by atomic mass is 16.7. The minimum absolute atomic E-state index is 0.110. The molecule has 1 unspecified atom stereocenters. The summed E-state index contributed by atoms with van der Waals surface area (Å²) in [6.45, 7) is 12.7. The van der Waals surface area contributed by atoms with Crippen LogP contribution < -0.4 is 0 Å². The number of hydrogen-bond donors (Lipinski definition) is 0. The summed E-state index contributed by atoms with van der Waals surface area (Å²) in [5.74, 6) is 0. The van der Waals surface area contributed by atoms with Crippen LogP contribution in [0.3, 0.4) is 0 Å². The van der Waals surface area contributed by atoms with Crippen molar-refractivity contribution < 1.29 is 28.4 Å². The zero-order chi connectivity index (χ0) is 26.4. The molecule has 1 aromatic carbocycles. The van der Waals surface area contributed by atoms with Crippen LogP contribution in [0.25, 0.3) is 0 Å². The first-order valence-corrected chi connectivity index (χ1v) is 13.6. The van der Waals surface area contributed by atoms with Gasteiger partial charge in [0, 0.05) is 12.6 Å². The van der Waals surface area contributed by atoms with Crippen molar-refractivity contribution in [3.63, 3.8) is 0 Å². The van der Waals surface area contributed by atoms with Gasteiger partial charge in [-0.3, -0.25) is 4.79 Å². The predicted molar refractivity (Wildman–Crippen MR) is 143 cm³/mol. The minimum Gasteiger partial charge on any atom is -0.463 e. The van der Waals surface area contributed by atoms with Gasteiger partial charge in [0.1, 0.15) is 6.61 Å². The summed E-state index contributed by atoms with van der Waals surface area (Å²) in [5.41, 5.74) is 0.509. The molecule has 2 aliphatic rings. The molecule has 0 saturated carbocycles. The summed E-state index contributed by atoms with van der Waals surface area (Å²) in [7, 11) is -0.110. The first-order chi connectivity index (χ1) is 17.2. The minimum atomic E-state index is -0.250. The molecular weight excluding hydrogens is 457 g/mol. The lowest BCUT2D eigenvalue weighted by molar-refractivity contribution is -0.129. The van der Waals surface area contributed by atoms with E-state index < -0.39 is 0 Å². The highest BCUT2D eigenvalue weighted by Gasteiger charge is 2.50. The van der Waals surface area contributed by atoms with E-state index in [1.165, 1.54) is 6.42 Å². The van der Waals surface area contributed by atoms with Gasteiger partial charge in [0.05, 0.1) is 17.8 Å². The summed E-state index contributed by atoms with van der Waals surface area (Å²) >= 11 is 0. The topological polar surface area (TPSA) is 74.3 Å². The lowest BCUT2D eigenvalue weighted by Gasteiger charge is -2.35. The van der Waals surface area contributed by atoms with Crippen molar-refractivity contribution in [2.75, 3.05) is 13.2 Å². The zero-order valence-electron chi connectivity index (χ0n) is 23.0. The number of likely N-dealkylation sites (tertiary alicyclic amines) is 1. The van der Waals surface area contributed by atoms with E-state index in [0.717, 1.165) is 63.4 Å². The van der Waals surface area contributed by atoms with Crippen molar-refractivity contribution >= 4 is 19.7 Å². The number of nitrogens with zero attached hydrogens (tertiary/aromatic N) is 1. The van der Waals surface area contributed by atoms with Crippen molar-refractivity contribution in [1.82, 2.24) is 4.90 Å². The van der Waals surface area contributed by atoms with E-state index in [9.17, 15) is 9.59 Å². The Morgan fingerprint density at radius 1 is 1.08 bits per heavy atom. The molecule has 2 saturated heterocycles. The molecule has 8 heteroatoms. The molecule has 2 heterocycles. The van der Waals surface area contributed by atoms with Crippen molar-refractivity contribution in [3.8, 4) is 0 Å². The number of ether oxygens (including phenoxy) is 2. The van der Waals surface area contributed by atoms with Gasteiger partial charge in [-0.1, -0.05) is 56.5 Å². The van der Waals surface area contributed by atoms with Gasteiger partial charge < -0.3 is 23.7 Å². The van der Waals surface area contributed by atoms with Gasteiger partial charge >= 0.3 is 13.2 Å². The highest BCUT2D eigenvalue weighted by molar-refractivity contribution is 6.45. The average molecular weight is 503 g/mol. The highest BCUT2D eigenvalue weighted by Crippen LogP contribution is 2.38. The number of hydrogen-bond acceptors (Lipinski definition) is 6. The van der Waals surface area contributed by atoms with Gasteiger partial charge in [-0.2, -0.15) is 0 Å². The molecule has 0 spiro atoms. The molecule has 0 aromatic heterocycles. The number of piperidine rings is 1. The van der Waals surface area contributed by atoms with Crippen LogP contribution in [-0.2, 0) is 30.2 Å². The first kappa shape index (κ1) is 30.2. The van der Waals surface area contributed by atoms with E-state index in [1.807, 2.05) is 35.2 Å². The van der Waals surface area contributed by atoms with Gasteiger partial charge in [0.25, 0.3) is 6.47 Å². The molecule has 0 bridgehead atoms. The first-order valence-electron chi connectivity index (χ1n) is 13.6. The fraction of sp³-hybridized carbons (Fsp3) is 0.714. The standard InChI is InChI=1S/C20H38BNO4.C8H8O2/c1-6-7-16-24-18(23)22-15-11-9-13-17(22)12-8-10-14-21-25-19(2,3)20(4,5)26-21;9-7-10-6-8-4-2-1-3-5-8/h17H,6-16H2,1-5H3;1-5,7H,6H2. The number of carbonyl (C=O) groups excluding carboxylic acids is 2. The smallest absolute Gasteiger partial charge is 0.457 e. The molecule has 0 aliphatic carbocycles. The molecule has 1 aromatic rings. The Hall–Kier alpha value is -2.06. The Morgan fingerprint density at radius 2 is 1.78 bits per heavy atom. The molecule has 3 rings (SSSR count). The molecule has 202 valence electrons. The molecular formula is C28H46BNO6. The summed E-state index contributed by atoms with van der Waals surface area (Å²) in [6.07, 6.45) is 9.39. The number of rotatable bonds is 11. The second-order valence-corrected chi connectivity index (χ2v) is 10.7. The average Bonchev–Trinajstić information content (AvgIpc) is 3.07. The predicted octanol–water partition coefficient (Wildman–Crippen LogP) is 6.40. The van der Waals surface area contributed by atoms with Gasteiger partial charge in [0.15, 0.2) is 0 Å². The van der Waals surface area contributed by atoms with E-state index in [0.29, 0.717) is 25.7 Å². The Labute approximate surface area is 218 Å². The molecule has 7 nitrogen and oxygen atoms in total. The lowest BCUT2D eigenvalue weighted by atomic mass is 9.81. The lowest BCUT2D eigenvalue weighted by Crippen LogP contribution is -2.44. The van der Waals surface area contributed by atoms with Gasteiger partial charge in [-0.05, 0) is 71.7 Å². The number of carbonyl (C=O) groups is 2. The van der Waals surface area contributed by atoms with Crippen molar-refractivity contribution in [2.45, 2.75) is 116 Å². The Balaban J connectivity index is 0.000000380. The third-order valence-corrected chi connectivity index (χ3v) is 7.28. The van der Waals surface area contributed by atoms with Crippen LogP contribution in [0.2, 0.25) is 6.32 Å². The van der Waals surface area contributed by atoms with Crippen LogP contribution in [0.4, 0.5) is 4.79 Å². The summed E-state index contributed by atoms with van der Waals surface area (Å²) in [6, 6.07) is 9.88. The molecule has 0 N–H and O–H groups in total. The van der Waals surface area contributed by atoms with E-state index >= 15 is 0 Å². The van der Waals surface area contributed by atoms with Crippen LogP contribution in [0.15, 0.2) is 30.3 Å². The molecule has 0 radical (unpaired) electrons. The maximum atomic E-state index is 12.3. The maximum absolute atomic E-state index is 12.3. The number of amides is 1. The second-order valence-electron chi connectivity index (χ2n) is 10.7. The monoisotopic (exact) mass is 503 g/mol. The molecule has 2 fully saturated rings. The fourth-order valence-electron chi connectivity index (χ4n) is 4.41. The molecule has 1 atom stereocenters. The number of unbranched alkanes of at least 4 members (excludes halogenated alkanes) is 2. The maximum Gasteiger partial charge on any atom is 0.457 e. The molecule has 36 heavy (non-hydrogen) atoms. The van der Waals surface area contributed by atoms with Gasteiger partial charge in [-0.25, -0.2) is 4.79 Å². The third kappa shape index (κ3) is 9.77. The van der Waals surface area contributed by atoms with Crippen LogP contribution in [0.5, 0.6) is 0 Å². The van der Waals surface area contributed by atoms with Crippen LogP contribution in [-0.4, -0.2) is 55.0 Å². The van der Waals surface area contributed by atoms with E-state index in [4.69, 9.17) is 14.0 Å². The zero-order valence-corrected chi connectivity index (χ0v) is 23.0. The van der Waals surface area contributed by atoms with Gasteiger partial charge in [0.2, 0.25) is 0 Å². The summed E-state index contributed by atoms with van der Waals surface area (Å²) < 4.78 is 22.1. The van der Waals surface area contributed by atoms with Crippen molar-refractivity contribution in [1.29, 1.82) is 0 Å². The third-order valence-electron chi connectivity index (χ3n) is 7.28. The SMILES string of the molecule is CCCCOC(=O)N1CCCCC1CCCCB1OC(C)(C)C(C)(C)O1.O=COCc1ccccc1. The second kappa shape index (κ2) is 15.3. The number of benzene rings is 1. The van der Waals surface area contributed by atoms with Gasteiger partial charge in [-0.15, -0.1) is 0 Å². The Kier molecular flexibility index (Phi) is 12.8. The Morgan fingerprint density at radius 3 is 2.42 bits per heavy atom. The molecule has 1 amide bonds. The van der Waals surface area contributed by atoms with Crippen molar-refractivity contribution in [3.05, 3.63) is 35.9 Å².